The molecule has 0 aliphatic carbocycles. The number of rotatable bonds is 4. The van der Waals surface area contributed by atoms with Crippen LogP contribution in [0, 0.1) is 11.6 Å². The van der Waals surface area contributed by atoms with Gasteiger partial charge in [0.2, 0.25) is 10.0 Å². The van der Waals surface area contributed by atoms with Crippen molar-refractivity contribution in [2.24, 2.45) is 5.14 Å². The average molecular weight is 526 g/mol. The number of nitrogens with two attached hydrogens (primary N) is 1. The quantitative estimate of drug-likeness (QED) is 0.523. The van der Waals surface area contributed by atoms with Crippen molar-refractivity contribution in [1.29, 1.82) is 0 Å². The molecular weight excluding hydrogens is 517 g/mol. The highest BCUT2D eigenvalue weighted by Crippen LogP contribution is 2.38. The van der Waals surface area contributed by atoms with E-state index in [4.69, 9.17) is 9.66 Å². The van der Waals surface area contributed by atoms with Crippen molar-refractivity contribution in [3.05, 3.63) is 56.7 Å². The van der Waals surface area contributed by atoms with Crippen molar-refractivity contribution in [2.45, 2.75) is 11.6 Å². The third kappa shape index (κ3) is 3.96. The van der Waals surface area contributed by atoms with Gasteiger partial charge in [-0.3, -0.25) is 0 Å². The van der Waals surface area contributed by atoms with Crippen LogP contribution in [0.1, 0.15) is 5.76 Å². The van der Waals surface area contributed by atoms with E-state index >= 15 is 0 Å². The van der Waals surface area contributed by atoms with Gasteiger partial charge >= 0.3 is 0 Å². The van der Waals surface area contributed by atoms with Gasteiger partial charge in [0.25, 0.3) is 0 Å². The van der Waals surface area contributed by atoms with Crippen LogP contribution >= 0.6 is 31.9 Å². The van der Waals surface area contributed by atoms with Crippen molar-refractivity contribution in [1.82, 2.24) is 5.16 Å². The summed E-state index contributed by atoms with van der Waals surface area (Å²) >= 11 is 6.61. The highest BCUT2D eigenvalue weighted by atomic mass is 79.9. The molecule has 3 aromatic rings. The van der Waals surface area contributed by atoms with Crippen molar-refractivity contribution in [3.8, 4) is 22.4 Å². The molecule has 2 N–H and O–H groups in total. The molecule has 142 valence electrons. The lowest BCUT2D eigenvalue weighted by Crippen LogP contribution is -2.16. The summed E-state index contributed by atoms with van der Waals surface area (Å²) in [5.41, 5.74) is 0.469. The molecule has 2 aromatic carbocycles. The predicted molar refractivity (Wildman–Crippen MR) is 98.9 cm³/mol. The van der Waals surface area contributed by atoms with Crippen molar-refractivity contribution < 1.29 is 26.1 Å². The van der Waals surface area contributed by atoms with Gasteiger partial charge in [-0.05, 0) is 35.9 Å². The summed E-state index contributed by atoms with van der Waals surface area (Å²) in [4.78, 5) is -1.27. The first-order valence-corrected chi connectivity index (χ1v) is 10.3. The van der Waals surface area contributed by atoms with E-state index in [1.807, 2.05) is 0 Å². The Hall–Kier alpha value is -1.69. The van der Waals surface area contributed by atoms with Crippen LogP contribution in [0.15, 0.2) is 48.7 Å². The third-order valence-electron chi connectivity index (χ3n) is 3.59. The highest BCUT2D eigenvalue weighted by molar-refractivity contribution is 9.11. The summed E-state index contributed by atoms with van der Waals surface area (Å²) in [6.45, 7) is -1.09. The number of benzene rings is 2. The van der Waals surface area contributed by atoms with Gasteiger partial charge in [-0.25, -0.2) is 26.7 Å². The first-order chi connectivity index (χ1) is 12.6. The van der Waals surface area contributed by atoms with Crippen LogP contribution < -0.4 is 5.14 Å². The number of hydrogen-bond donors (Lipinski definition) is 1. The smallest absolute Gasteiger partial charge is 0.243 e. The highest BCUT2D eigenvalue weighted by Gasteiger charge is 2.26. The molecule has 0 bridgehead atoms. The number of primary sulfonamides is 1. The van der Waals surface area contributed by atoms with E-state index in [1.54, 1.807) is 18.2 Å². The van der Waals surface area contributed by atoms with Gasteiger partial charge in [0, 0.05) is 14.5 Å². The van der Waals surface area contributed by atoms with Gasteiger partial charge in [-0.1, -0.05) is 37.0 Å². The van der Waals surface area contributed by atoms with E-state index in [9.17, 15) is 21.6 Å². The Kier molecular flexibility index (Phi) is 5.48. The first-order valence-electron chi connectivity index (χ1n) is 7.15. The zero-order valence-corrected chi connectivity index (χ0v) is 17.1. The molecule has 0 unspecified atom stereocenters. The molecule has 0 fully saturated rings. The van der Waals surface area contributed by atoms with E-state index < -0.39 is 33.2 Å². The van der Waals surface area contributed by atoms with Crippen LogP contribution in [0.5, 0.6) is 0 Å². The molecule has 1 aromatic heterocycles. The molecular formula is C16H9Br2F3N2O3S. The Balaban J connectivity index is 2.28. The van der Waals surface area contributed by atoms with Crippen LogP contribution in [-0.2, 0) is 16.7 Å². The largest absolute Gasteiger partial charge is 0.357 e. The number of halogens is 5. The fourth-order valence-corrected chi connectivity index (χ4v) is 4.53. The number of alkyl halides is 1. The first kappa shape index (κ1) is 20.1. The summed E-state index contributed by atoms with van der Waals surface area (Å²) in [6.07, 6.45) is 0. The van der Waals surface area contributed by atoms with Crippen LogP contribution in [0.2, 0.25) is 0 Å². The molecule has 0 spiro atoms. The Bertz CT molecular complexity index is 1110. The average Bonchev–Trinajstić information content (AvgIpc) is 2.95. The van der Waals surface area contributed by atoms with Gasteiger partial charge in [0.1, 0.15) is 17.3 Å². The lowest BCUT2D eigenvalue weighted by Gasteiger charge is -2.08. The summed E-state index contributed by atoms with van der Waals surface area (Å²) in [6, 6.07) is 6.54. The van der Waals surface area contributed by atoms with Gasteiger partial charge in [-0.2, -0.15) is 0 Å². The maximum absolute atomic E-state index is 14.2. The van der Waals surface area contributed by atoms with Crippen LogP contribution in [0.25, 0.3) is 22.4 Å². The molecule has 0 saturated heterocycles. The van der Waals surface area contributed by atoms with Gasteiger partial charge in [-0.15, -0.1) is 0 Å². The zero-order chi connectivity index (χ0) is 19.9. The van der Waals surface area contributed by atoms with Crippen LogP contribution in [0.3, 0.4) is 0 Å². The lowest BCUT2D eigenvalue weighted by atomic mass is 9.99. The van der Waals surface area contributed by atoms with Gasteiger partial charge in [0.15, 0.2) is 17.3 Å². The maximum atomic E-state index is 14.2. The fraction of sp³-hybridized carbons (Fsp3) is 0.0625. The van der Waals surface area contributed by atoms with Crippen molar-refractivity contribution >= 4 is 41.9 Å². The van der Waals surface area contributed by atoms with Crippen molar-refractivity contribution in [3.63, 3.8) is 0 Å². The molecule has 0 atom stereocenters. The molecule has 0 aliphatic rings. The topological polar surface area (TPSA) is 86.2 Å². The molecule has 0 radical (unpaired) electrons. The van der Waals surface area contributed by atoms with Gasteiger partial charge < -0.3 is 4.52 Å². The SMILES string of the molecule is NS(=O)(=O)c1c(F)cc(-c2c(-c3cc(Br)cc(Br)c3)noc2CF)cc1F. The van der Waals surface area contributed by atoms with E-state index in [0.717, 1.165) is 12.1 Å². The Morgan fingerprint density at radius 1 is 1.00 bits per heavy atom. The normalized spacial score (nSPS) is 11.8. The number of aromatic nitrogens is 1. The second-order valence-corrected chi connectivity index (χ2v) is 8.76. The summed E-state index contributed by atoms with van der Waals surface area (Å²) in [7, 11) is -4.61. The van der Waals surface area contributed by atoms with E-state index in [-0.39, 0.29) is 22.6 Å². The minimum atomic E-state index is -4.61. The summed E-state index contributed by atoms with van der Waals surface area (Å²) < 4.78 is 70.9. The molecule has 27 heavy (non-hydrogen) atoms. The fourth-order valence-electron chi connectivity index (χ4n) is 2.58. The Morgan fingerprint density at radius 3 is 2.04 bits per heavy atom. The Labute approximate surface area is 168 Å². The molecule has 3 rings (SSSR count). The van der Waals surface area contributed by atoms with Gasteiger partial charge in [0.05, 0.1) is 5.56 Å². The maximum Gasteiger partial charge on any atom is 0.243 e. The number of hydrogen-bond acceptors (Lipinski definition) is 4. The molecule has 0 saturated carbocycles. The summed E-state index contributed by atoms with van der Waals surface area (Å²) in [5, 5.41) is 8.63. The molecule has 0 aliphatic heterocycles. The predicted octanol–water partition coefficient (Wildman–Crippen LogP) is 4.93. The van der Waals surface area contributed by atoms with E-state index in [0.29, 0.717) is 14.5 Å². The van der Waals surface area contributed by atoms with Crippen molar-refractivity contribution in [2.75, 3.05) is 0 Å². The minimum absolute atomic E-state index is 0.00118. The standard InChI is InChI=1S/C16H9Br2F3N2O3S/c17-9-1-8(2-10(18)5-9)15-14(13(6-19)26-23-15)7-3-11(20)16(12(21)4-7)27(22,24)25/h1-5H,6H2,(H2,22,24,25). The lowest BCUT2D eigenvalue weighted by molar-refractivity contribution is 0.332. The third-order valence-corrected chi connectivity index (χ3v) is 5.47. The zero-order valence-electron chi connectivity index (χ0n) is 13.1. The molecule has 11 heteroatoms. The molecule has 1 heterocycles. The van der Waals surface area contributed by atoms with Crippen LogP contribution in [-0.4, -0.2) is 13.6 Å². The molecule has 5 nitrogen and oxygen atoms in total. The van der Waals surface area contributed by atoms with Crippen LogP contribution in [0.4, 0.5) is 13.2 Å². The summed E-state index contributed by atoms with van der Waals surface area (Å²) in [5.74, 6) is -3.07. The molecule has 0 amide bonds. The minimum Gasteiger partial charge on any atom is -0.357 e. The Morgan fingerprint density at radius 2 is 1.56 bits per heavy atom. The van der Waals surface area contributed by atoms with E-state index in [2.05, 4.69) is 37.0 Å². The number of sulfonamides is 1. The monoisotopic (exact) mass is 524 g/mol. The number of nitrogens with zero attached hydrogens (tertiary/aromatic N) is 1. The van der Waals surface area contributed by atoms with E-state index in [1.165, 1.54) is 0 Å². The second-order valence-electron chi connectivity index (χ2n) is 5.44. The second kappa shape index (κ2) is 7.38.